The van der Waals surface area contributed by atoms with Crippen LogP contribution in [0.4, 0.5) is 0 Å². The molecule has 2 nitrogen and oxygen atoms in total. The lowest BCUT2D eigenvalue weighted by Crippen LogP contribution is -2.41. The minimum atomic E-state index is 0.546. The summed E-state index contributed by atoms with van der Waals surface area (Å²) in [4.78, 5) is 2.23. The Kier molecular flexibility index (Phi) is 3.34. The molecule has 0 bridgehead atoms. The molecule has 1 N–H and O–H groups in total. The van der Waals surface area contributed by atoms with Crippen LogP contribution in [0.15, 0.2) is 0 Å². The van der Waals surface area contributed by atoms with Gasteiger partial charge in [-0.2, -0.15) is 0 Å². The van der Waals surface area contributed by atoms with Crippen LogP contribution in [-0.2, 0) is 0 Å². The normalized spacial score (nSPS) is 21.6. The first-order valence-corrected chi connectivity index (χ1v) is 5.43. The summed E-state index contributed by atoms with van der Waals surface area (Å²) >= 11 is 0. The highest BCUT2D eigenvalue weighted by Crippen LogP contribution is 2.33. The third-order valence-corrected chi connectivity index (χ3v) is 3.54. The Morgan fingerprint density at radius 3 is 2.23 bits per heavy atom. The van der Waals surface area contributed by atoms with Gasteiger partial charge in [-0.1, -0.05) is 27.2 Å². The summed E-state index contributed by atoms with van der Waals surface area (Å²) in [6.45, 7) is 8.91. The van der Waals surface area contributed by atoms with Crippen LogP contribution in [0.3, 0.4) is 0 Å². The highest BCUT2D eigenvalue weighted by molar-refractivity contribution is 5.78. The van der Waals surface area contributed by atoms with Crippen LogP contribution in [0.5, 0.6) is 0 Å². The van der Waals surface area contributed by atoms with E-state index in [-0.39, 0.29) is 0 Å². The fourth-order valence-corrected chi connectivity index (χ4v) is 1.89. The minimum absolute atomic E-state index is 0.546. The zero-order valence-electron chi connectivity index (χ0n) is 9.19. The van der Waals surface area contributed by atoms with Crippen molar-refractivity contribution in [1.82, 2.24) is 4.90 Å². The molecule has 0 saturated carbocycles. The highest BCUT2D eigenvalue weighted by Gasteiger charge is 2.28. The van der Waals surface area contributed by atoms with Gasteiger partial charge >= 0.3 is 0 Å². The van der Waals surface area contributed by atoms with Gasteiger partial charge in [-0.3, -0.25) is 5.41 Å². The third-order valence-electron chi connectivity index (χ3n) is 3.54. The second-order valence-electron chi connectivity index (χ2n) is 4.45. The number of hydrogen-bond donors (Lipinski definition) is 1. The van der Waals surface area contributed by atoms with Gasteiger partial charge in [0.1, 0.15) is 0 Å². The van der Waals surface area contributed by atoms with Gasteiger partial charge in [0.15, 0.2) is 0 Å². The molecular formula is C11H22N2. The molecule has 1 fully saturated rings. The molecular weight excluding hydrogens is 160 g/mol. The lowest BCUT2D eigenvalue weighted by Gasteiger charge is -2.39. The van der Waals surface area contributed by atoms with E-state index in [1.165, 1.54) is 19.3 Å². The van der Waals surface area contributed by atoms with E-state index in [4.69, 9.17) is 5.41 Å². The van der Waals surface area contributed by atoms with Crippen LogP contribution in [0.25, 0.3) is 0 Å². The molecule has 1 saturated heterocycles. The van der Waals surface area contributed by atoms with Crippen LogP contribution < -0.4 is 0 Å². The van der Waals surface area contributed by atoms with Crippen LogP contribution in [-0.4, -0.2) is 23.8 Å². The van der Waals surface area contributed by atoms with Gasteiger partial charge in [0.25, 0.3) is 0 Å². The maximum absolute atomic E-state index is 7.74. The molecule has 2 heteroatoms. The van der Waals surface area contributed by atoms with Crippen molar-refractivity contribution >= 4 is 5.84 Å². The summed E-state index contributed by atoms with van der Waals surface area (Å²) in [7, 11) is 0. The molecule has 0 aromatic carbocycles. The van der Waals surface area contributed by atoms with Crippen molar-refractivity contribution in [3.05, 3.63) is 0 Å². The Morgan fingerprint density at radius 2 is 1.85 bits per heavy atom. The SMILES string of the molecule is CCC(=N)N1CCC(C)(CC)CC1. The summed E-state index contributed by atoms with van der Waals surface area (Å²) in [6.07, 6.45) is 4.67. The van der Waals surface area contributed by atoms with Gasteiger partial charge in [0.05, 0.1) is 5.84 Å². The van der Waals surface area contributed by atoms with E-state index in [0.29, 0.717) is 5.41 Å². The predicted molar refractivity (Wildman–Crippen MR) is 57.2 cm³/mol. The van der Waals surface area contributed by atoms with Crippen LogP contribution in [0.2, 0.25) is 0 Å². The molecule has 0 spiro atoms. The number of nitrogens with zero attached hydrogens (tertiary/aromatic N) is 1. The highest BCUT2D eigenvalue weighted by atomic mass is 15.2. The third kappa shape index (κ3) is 2.45. The number of rotatable bonds is 2. The quantitative estimate of drug-likeness (QED) is 0.516. The summed E-state index contributed by atoms with van der Waals surface area (Å²) in [5, 5.41) is 7.74. The molecule has 1 heterocycles. The largest absolute Gasteiger partial charge is 0.361 e. The van der Waals surface area contributed by atoms with Crippen molar-refractivity contribution in [2.75, 3.05) is 13.1 Å². The van der Waals surface area contributed by atoms with Gasteiger partial charge in [0.2, 0.25) is 0 Å². The molecule has 0 aromatic heterocycles. The molecule has 13 heavy (non-hydrogen) atoms. The average molecular weight is 182 g/mol. The topological polar surface area (TPSA) is 27.1 Å². The van der Waals surface area contributed by atoms with Crippen molar-refractivity contribution in [2.24, 2.45) is 5.41 Å². The van der Waals surface area contributed by atoms with E-state index in [1.54, 1.807) is 0 Å². The maximum atomic E-state index is 7.74. The van der Waals surface area contributed by atoms with E-state index in [0.717, 1.165) is 25.3 Å². The van der Waals surface area contributed by atoms with Gasteiger partial charge in [0, 0.05) is 19.5 Å². The Balaban J connectivity index is 2.43. The Labute approximate surface area is 81.8 Å². The van der Waals surface area contributed by atoms with Crippen molar-refractivity contribution in [2.45, 2.75) is 46.5 Å². The zero-order chi connectivity index (χ0) is 9.90. The van der Waals surface area contributed by atoms with Crippen LogP contribution in [0.1, 0.15) is 46.5 Å². The standard InChI is InChI=1S/C11H22N2/c1-4-10(12)13-8-6-11(3,5-2)7-9-13/h12H,4-9H2,1-3H3. The number of likely N-dealkylation sites (tertiary alicyclic amines) is 1. The summed E-state index contributed by atoms with van der Waals surface area (Å²) < 4.78 is 0. The summed E-state index contributed by atoms with van der Waals surface area (Å²) in [6, 6.07) is 0. The molecule has 1 aliphatic heterocycles. The van der Waals surface area contributed by atoms with Crippen molar-refractivity contribution in [1.29, 1.82) is 5.41 Å². The number of amidine groups is 1. The first-order valence-electron chi connectivity index (χ1n) is 5.43. The molecule has 0 aliphatic carbocycles. The second kappa shape index (κ2) is 4.12. The molecule has 0 aromatic rings. The van der Waals surface area contributed by atoms with Crippen LogP contribution >= 0.6 is 0 Å². The second-order valence-corrected chi connectivity index (χ2v) is 4.45. The zero-order valence-corrected chi connectivity index (χ0v) is 9.19. The molecule has 0 radical (unpaired) electrons. The van der Waals surface area contributed by atoms with Crippen molar-refractivity contribution in [3.8, 4) is 0 Å². The van der Waals surface area contributed by atoms with Gasteiger partial charge in [-0.25, -0.2) is 0 Å². The minimum Gasteiger partial charge on any atom is -0.361 e. The summed E-state index contributed by atoms with van der Waals surface area (Å²) in [5.74, 6) is 0.818. The monoisotopic (exact) mass is 182 g/mol. The molecule has 1 rings (SSSR count). The fraction of sp³-hybridized carbons (Fsp3) is 0.909. The van der Waals surface area contributed by atoms with E-state index in [2.05, 4.69) is 25.7 Å². The number of piperidine rings is 1. The van der Waals surface area contributed by atoms with E-state index in [9.17, 15) is 0 Å². The van der Waals surface area contributed by atoms with E-state index < -0.39 is 0 Å². The molecule has 0 amide bonds. The number of hydrogen-bond acceptors (Lipinski definition) is 1. The summed E-state index contributed by atoms with van der Waals surface area (Å²) in [5.41, 5.74) is 0.546. The first kappa shape index (κ1) is 10.6. The first-order chi connectivity index (χ1) is 6.11. The Hall–Kier alpha value is -0.530. The van der Waals surface area contributed by atoms with Crippen LogP contribution in [0, 0.1) is 10.8 Å². The van der Waals surface area contributed by atoms with Gasteiger partial charge < -0.3 is 4.90 Å². The van der Waals surface area contributed by atoms with Crippen molar-refractivity contribution in [3.63, 3.8) is 0 Å². The lowest BCUT2D eigenvalue weighted by atomic mass is 9.78. The fourth-order valence-electron chi connectivity index (χ4n) is 1.89. The average Bonchev–Trinajstić information content (AvgIpc) is 2.18. The van der Waals surface area contributed by atoms with E-state index >= 15 is 0 Å². The molecule has 76 valence electrons. The smallest absolute Gasteiger partial charge is 0.0954 e. The van der Waals surface area contributed by atoms with Crippen molar-refractivity contribution < 1.29 is 0 Å². The maximum Gasteiger partial charge on any atom is 0.0954 e. The molecule has 1 aliphatic rings. The predicted octanol–water partition coefficient (Wildman–Crippen LogP) is 2.89. The molecule has 0 unspecified atom stereocenters. The van der Waals surface area contributed by atoms with Gasteiger partial charge in [-0.15, -0.1) is 0 Å². The van der Waals surface area contributed by atoms with E-state index in [1.807, 2.05) is 0 Å². The lowest BCUT2D eigenvalue weighted by molar-refractivity contribution is 0.160. The van der Waals surface area contributed by atoms with Gasteiger partial charge in [-0.05, 0) is 18.3 Å². The number of nitrogens with one attached hydrogen (secondary N) is 1. The molecule has 0 atom stereocenters. The Morgan fingerprint density at radius 1 is 1.31 bits per heavy atom. The Bertz CT molecular complexity index is 179.